The standard InChI is InChI=1S/C8H4F4/c9-4-7(11)5-2-1-3-6(10)8(5)12/h1-4H. The zero-order chi connectivity index (χ0) is 9.14. The SMILES string of the molecule is FC=C(F)c1cccc(F)c1F. The third kappa shape index (κ3) is 1.47. The Morgan fingerprint density at radius 3 is 2.50 bits per heavy atom. The minimum Gasteiger partial charge on any atom is -0.212 e. The third-order valence-corrected chi connectivity index (χ3v) is 1.30. The molecule has 0 spiro atoms. The molecule has 0 saturated carbocycles. The van der Waals surface area contributed by atoms with E-state index in [0.29, 0.717) is 0 Å². The average Bonchev–Trinajstić information content (AvgIpc) is 2.08. The van der Waals surface area contributed by atoms with Crippen molar-refractivity contribution in [1.29, 1.82) is 0 Å². The van der Waals surface area contributed by atoms with Crippen molar-refractivity contribution in [1.82, 2.24) is 0 Å². The summed E-state index contributed by atoms with van der Waals surface area (Å²) < 4.78 is 48.9. The summed E-state index contributed by atoms with van der Waals surface area (Å²) >= 11 is 0. The molecule has 0 saturated heterocycles. The largest absolute Gasteiger partial charge is 0.212 e. The summed E-state index contributed by atoms with van der Waals surface area (Å²) in [6, 6.07) is 2.87. The summed E-state index contributed by atoms with van der Waals surface area (Å²) in [5, 5.41) is 0. The molecule has 0 aromatic heterocycles. The molecule has 0 aliphatic rings. The number of hydrogen-bond acceptors (Lipinski definition) is 0. The van der Waals surface area contributed by atoms with Gasteiger partial charge in [-0.1, -0.05) is 6.07 Å². The van der Waals surface area contributed by atoms with Crippen molar-refractivity contribution in [3.8, 4) is 0 Å². The van der Waals surface area contributed by atoms with Crippen molar-refractivity contribution in [2.45, 2.75) is 0 Å². The molecule has 1 aromatic carbocycles. The highest BCUT2D eigenvalue weighted by Crippen LogP contribution is 2.21. The van der Waals surface area contributed by atoms with Crippen LogP contribution in [0.3, 0.4) is 0 Å². The van der Waals surface area contributed by atoms with E-state index in [9.17, 15) is 17.6 Å². The first kappa shape index (κ1) is 8.77. The van der Waals surface area contributed by atoms with E-state index in [2.05, 4.69) is 0 Å². The highest BCUT2D eigenvalue weighted by molar-refractivity contribution is 5.58. The van der Waals surface area contributed by atoms with Crippen LogP contribution in [-0.4, -0.2) is 0 Å². The third-order valence-electron chi connectivity index (χ3n) is 1.30. The molecule has 1 aromatic rings. The van der Waals surface area contributed by atoms with E-state index in [0.717, 1.165) is 18.2 Å². The molecule has 0 heterocycles. The second-order valence-electron chi connectivity index (χ2n) is 2.06. The van der Waals surface area contributed by atoms with Crippen LogP contribution in [0.1, 0.15) is 5.56 Å². The predicted octanol–water partition coefficient (Wildman–Crippen LogP) is 3.20. The number of halogens is 4. The Balaban J connectivity index is 3.26. The monoisotopic (exact) mass is 176 g/mol. The molecule has 0 nitrogen and oxygen atoms in total. The fraction of sp³-hybridized carbons (Fsp3) is 0. The van der Waals surface area contributed by atoms with Crippen LogP contribution in [0.15, 0.2) is 24.5 Å². The van der Waals surface area contributed by atoms with Crippen molar-refractivity contribution in [3.05, 3.63) is 41.7 Å². The van der Waals surface area contributed by atoms with Crippen LogP contribution in [0.4, 0.5) is 17.6 Å². The Bertz CT molecular complexity index is 317. The molecular formula is C8H4F4. The van der Waals surface area contributed by atoms with Gasteiger partial charge in [-0.25, -0.2) is 17.6 Å². The fourth-order valence-electron chi connectivity index (χ4n) is 0.747. The number of benzene rings is 1. The molecule has 0 aliphatic heterocycles. The lowest BCUT2D eigenvalue weighted by molar-refractivity contribution is 0.502. The van der Waals surface area contributed by atoms with Crippen molar-refractivity contribution >= 4 is 5.83 Å². The smallest absolute Gasteiger partial charge is 0.169 e. The second kappa shape index (κ2) is 3.38. The van der Waals surface area contributed by atoms with Crippen molar-refractivity contribution in [2.24, 2.45) is 0 Å². The van der Waals surface area contributed by atoms with E-state index in [4.69, 9.17) is 0 Å². The summed E-state index contributed by atoms with van der Waals surface area (Å²) in [6.07, 6.45) is -0.419. The molecule has 1 rings (SSSR count). The van der Waals surface area contributed by atoms with Gasteiger partial charge in [-0.3, -0.25) is 0 Å². The Kier molecular flexibility index (Phi) is 2.47. The summed E-state index contributed by atoms with van der Waals surface area (Å²) in [7, 11) is 0. The van der Waals surface area contributed by atoms with Crippen LogP contribution in [0.5, 0.6) is 0 Å². The Labute approximate surface area is 66.1 Å². The van der Waals surface area contributed by atoms with Crippen LogP contribution in [0.25, 0.3) is 5.83 Å². The molecule has 4 heteroatoms. The van der Waals surface area contributed by atoms with Gasteiger partial charge in [-0.05, 0) is 12.1 Å². The molecule has 0 unspecified atom stereocenters. The van der Waals surface area contributed by atoms with Gasteiger partial charge in [0.05, 0.1) is 5.56 Å². The van der Waals surface area contributed by atoms with Gasteiger partial charge >= 0.3 is 0 Å². The molecule has 64 valence electrons. The van der Waals surface area contributed by atoms with E-state index in [1.807, 2.05) is 0 Å². The van der Waals surface area contributed by atoms with Gasteiger partial charge in [0.15, 0.2) is 17.5 Å². The van der Waals surface area contributed by atoms with Gasteiger partial charge in [-0.2, -0.15) is 0 Å². The lowest BCUT2D eigenvalue weighted by Gasteiger charge is -1.98. The van der Waals surface area contributed by atoms with Gasteiger partial charge in [0, 0.05) is 0 Å². The number of rotatable bonds is 1. The maximum Gasteiger partial charge on any atom is 0.169 e. The van der Waals surface area contributed by atoms with Gasteiger partial charge in [0.1, 0.15) is 6.33 Å². The van der Waals surface area contributed by atoms with Gasteiger partial charge in [-0.15, -0.1) is 0 Å². The van der Waals surface area contributed by atoms with Crippen molar-refractivity contribution in [2.75, 3.05) is 0 Å². The molecule has 0 aliphatic carbocycles. The van der Waals surface area contributed by atoms with E-state index in [-0.39, 0.29) is 0 Å². The molecule has 0 radical (unpaired) electrons. The topological polar surface area (TPSA) is 0 Å². The van der Waals surface area contributed by atoms with E-state index in [1.165, 1.54) is 0 Å². The zero-order valence-electron chi connectivity index (χ0n) is 5.82. The first-order chi connectivity index (χ1) is 5.66. The summed E-state index contributed by atoms with van der Waals surface area (Å²) in [5.41, 5.74) is -0.711. The molecule has 0 N–H and O–H groups in total. The summed E-state index contributed by atoms with van der Waals surface area (Å²) in [5.74, 6) is -4.01. The van der Waals surface area contributed by atoms with Crippen molar-refractivity contribution < 1.29 is 17.6 Å². The normalized spacial score (nSPS) is 11.8. The molecule has 0 atom stereocenters. The van der Waals surface area contributed by atoms with E-state index >= 15 is 0 Å². The number of hydrogen-bond donors (Lipinski definition) is 0. The highest BCUT2D eigenvalue weighted by atomic mass is 19.2. The molecular weight excluding hydrogens is 172 g/mol. The average molecular weight is 176 g/mol. The van der Waals surface area contributed by atoms with Crippen LogP contribution in [0.2, 0.25) is 0 Å². The Morgan fingerprint density at radius 2 is 1.92 bits per heavy atom. The minimum absolute atomic E-state index is 0.419. The fourth-order valence-corrected chi connectivity index (χ4v) is 0.747. The van der Waals surface area contributed by atoms with Crippen LogP contribution >= 0.6 is 0 Å². The maximum atomic E-state index is 12.6. The first-order valence-corrected chi connectivity index (χ1v) is 3.07. The molecule has 0 fully saturated rings. The second-order valence-corrected chi connectivity index (χ2v) is 2.06. The van der Waals surface area contributed by atoms with Crippen LogP contribution in [0, 0.1) is 11.6 Å². The van der Waals surface area contributed by atoms with Crippen LogP contribution in [-0.2, 0) is 0 Å². The minimum atomic E-state index is -1.42. The quantitative estimate of drug-likeness (QED) is 0.576. The van der Waals surface area contributed by atoms with Gasteiger partial charge in [0.2, 0.25) is 0 Å². The first-order valence-electron chi connectivity index (χ1n) is 3.07. The lowest BCUT2D eigenvalue weighted by atomic mass is 10.2. The van der Waals surface area contributed by atoms with Gasteiger partial charge in [0.25, 0.3) is 0 Å². The molecule has 0 amide bonds. The Hall–Kier alpha value is -1.32. The van der Waals surface area contributed by atoms with E-state index in [1.54, 1.807) is 0 Å². The zero-order valence-corrected chi connectivity index (χ0v) is 5.82. The summed E-state index contributed by atoms with van der Waals surface area (Å²) in [6.45, 7) is 0. The van der Waals surface area contributed by atoms with Crippen LogP contribution < -0.4 is 0 Å². The Morgan fingerprint density at radius 1 is 1.25 bits per heavy atom. The maximum absolute atomic E-state index is 12.6. The summed E-state index contributed by atoms with van der Waals surface area (Å²) in [4.78, 5) is 0. The lowest BCUT2D eigenvalue weighted by Crippen LogP contribution is -1.89. The predicted molar refractivity (Wildman–Crippen MR) is 36.6 cm³/mol. The highest BCUT2D eigenvalue weighted by Gasteiger charge is 2.11. The van der Waals surface area contributed by atoms with Crippen molar-refractivity contribution in [3.63, 3.8) is 0 Å². The van der Waals surface area contributed by atoms with E-state index < -0.39 is 29.4 Å². The van der Waals surface area contributed by atoms with Gasteiger partial charge < -0.3 is 0 Å². The molecule has 0 bridgehead atoms. The molecule has 12 heavy (non-hydrogen) atoms.